The first kappa shape index (κ1) is 14.4. The van der Waals surface area contributed by atoms with Gasteiger partial charge >= 0.3 is 0 Å². The summed E-state index contributed by atoms with van der Waals surface area (Å²) >= 11 is 0. The minimum atomic E-state index is -0.215. The van der Waals surface area contributed by atoms with Crippen molar-refractivity contribution in [1.29, 1.82) is 0 Å². The molecule has 2 aromatic heterocycles. The van der Waals surface area contributed by atoms with E-state index >= 15 is 0 Å². The molecule has 3 aromatic rings. The van der Waals surface area contributed by atoms with Crippen molar-refractivity contribution >= 4 is 5.91 Å². The van der Waals surface area contributed by atoms with Crippen molar-refractivity contribution in [1.82, 2.24) is 15.1 Å². The van der Waals surface area contributed by atoms with Crippen LogP contribution in [0.15, 0.2) is 59.5 Å². The second-order valence-electron chi connectivity index (χ2n) is 5.30. The number of amides is 1. The molecule has 122 valence electrons. The normalized spacial score (nSPS) is 13.7. The highest BCUT2D eigenvalue weighted by Gasteiger charge is 2.20. The van der Waals surface area contributed by atoms with Crippen LogP contribution in [0.4, 0.5) is 0 Å². The number of fused-ring (bicyclic) bond motifs is 1. The fourth-order valence-corrected chi connectivity index (χ4v) is 2.60. The van der Waals surface area contributed by atoms with Crippen molar-refractivity contribution in [3.8, 4) is 11.5 Å². The van der Waals surface area contributed by atoms with Gasteiger partial charge in [0.2, 0.25) is 6.79 Å². The van der Waals surface area contributed by atoms with Crippen LogP contribution in [0, 0.1) is 0 Å². The molecule has 1 N–H and O–H groups in total. The number of carbonyl (C=O) groups excluding carboxylic acids is 1. The van der Waals surface area contributed by atoms with Crippen LogP contribution in [0.2, 0.25) is 0 Å². The van der Waals surface area contributed by atoms with E-state index in [2.05, 4.69) is 10.4 Å². The van der Waals surface area contributed by atoms with Gasteiger partial charge in [0.1, 0.15) is 11.8 Å². The maximum absolute atomic E-state index is 12.4. The standard InChI is InChI=1S/C17H15N3O4/c21-17(12-4-5-15-16(9-12)24-11-23-15)18-10-13(14-3-1-8-22-14)20-7-2-6-19-20/h1-9,13H,10-11H2,(H,18,21). The molecule has 0 aliphatic carbocycles. The van der Waals surface area contributed by atoms with Crippen molar-refractivity contribution in [3.05, 3.63) is 66.4 Å². The first-order valence-corrected chi connectivity index (χ1v) is 7.51. The fourth-order valence-electron chi connectivity index (χ4n) is 2.60. The summed E-state index contributed by atoms with van der Waals surface area (Å²) in [5.74, 6) is 1.76. The number of aromatic nitrogens is 2. The maximum Gasteiger partial charge on any atom is 0.251 e. The van der Waals surface area contributed by atoms with E-state index < -0.39 is 0 Å². The first-order chi connectivity index (χ1) is 11.8. The molecular formula is C17H15N3O4. The smallest absolute Gasteiger partial charge is 0.251 e. The Morgan fingerprint density at radius 1 is 1.25 bits per heavy atom. The molecule has 1 aromatic carbocycles. The lowest BCUT2D eigenvalue weighted by atomic mass is 10.1. The third-order valence-corrected chi connectivity index (χ3v) is 3.81. The van der Waals surface area contributed by atoms with Gasteiger partial charge < -0.3 is 19.2 Å². The summed E-state index contributed by atoms with van der Waals surface area (Å²) in [7, 11) is 0. The average molecular weight is 325 g/mol. The molecule has 7 heteroatoms. The third kappa shape index (κ3) is 2.71. The van der Waals surface area contributed by atoms with Crippen molar-refractivity contribution in [2.24, 2.45) is 0 Å². The molecule has 0 bridgehead atoms. The highest BCUT2D eigenvalue weighted by atomic mass is 16.7. The fraction of sp³-hybridized carbons (Fsp3) is 0.176. The van der Waals surface area contributed by atoms with Crippen LogP contribution < -0.4 is 14.8 Å². The molecule has 7 nitrogen and oxygen atoms in total. The molecule has 3 heterocycles. The monoisotopic (exact) mass is 325 g/mol. The summed E-state index contributed by atoms with van der Waals surface area (Å²) in [4.78, 5) is 12.4. The zero-order valence-electron chi connectivity index (χ0n) is 12.7. The van der Waals surface area contributed by atoms with Crippen molar-refractivity contribution in [2.45, 2.75) is 6.04 Å². The van der Waals surface area contributed by atoms with Gasteiger partial charge in [-0.15, -0.1) is 0 Å². The van der Waals surface area contributed by atoms with Crippen LogP contribution in [0.3, 0.4) is 0 Å². The summed E-state index contributed by atoms with van der Waals surface area (Å²) < 4.78 is 17.8. The number of hydrogen-bond acceptors (Lipinski definition) is 5. The van der Waals surface area contributed by atoms with E-state index in [1.54, 1.807) is 35.3 Å². The number of rotatable bonds is 5. The van der Waals surface area contributed by atoms with E-state index in [4.69, 9.17) is 13.9 Å². The highest BCUT2D eigenvalue weighted by Crippen LogP contribution is 2.32. The predicted octanol–water partition coefficient (Wildman–Crippen LogP) is 2.22. The van der Waals surface area contributed by atoms with Crippen molar-refractivity contribution < 1.29 is 18.7 Å². The zero-order valence-corrected chi connectivity index (χ0v) is 12.7. The van der Waals surface area contributed by atoms with Gasteiger partial charge in [-0.1, -0.05) is 0 Å². The molecule has 0 fully saturated rings. The lowest BCUT2D eigenvalue weighted by Gasteiger charge is -2.16. The molecular weight excluding hydrogens is 310 g/mol. The Labute approximate surface area is 137 Å². The zero-order chi connectivity index (χ0) is 16.4. The predicted molar refractivity (Wildman–Crippen MR) is 84.0 cm³/mol. The molecule has 0 saturated carbocycles. The topological polar surface area (TPSA) is 78.5 Å². The minimum Gasteiger partial charge on any atom is -0.467 e. The van der Waals surface area contributed by atoms with E-state index in [-0.39, 0.29) is 18.7 Å². The summed E-state index contributed by atoms with van der Waals surface area (Å²) in [5.41, 5.74) is 0.512. The summed E-state index contributed by atoms with van der Waals surface area (Å²) in [6.45, 7) is 0.530. The van der Waals surface area contributed by atoms with Crippen LogP contribution in [0.1, 0.15) is 22.2 Å². The van der Waals surface area contributed by atoms with E-state index in [1.165, 1.54) is 0 Å². The molecule has 1 atom stereocenters. The minimum absolute atomic E-state index is 0.181. The van der Waals surface area contributed by atoms with Crippen LogP contribution in [0.5, 0.6) is 11.5 Å². The summed E-state index contributed by atoms with van der Waals surface area (Å²) in [5, 5.41) is 7.15. The van der Waals surface area contributed by atoms with Crippen LogP contribution in [-0.4, -0.2) is 29.0 Å². The Kier molecular flexibility index (Phi) is 3.66. The van der Waals surface area contributed by atoms with Gasteiger partial charge in [-0.3, -0.25) is 9.48 Å². The second kappa shape index (κ2) is 6.11. The molecule has 1 aliphatic heterocycles. The van der Waals surface area contributed by atoms with Crippen LogP contribution in [-0.2, 0) is 0 Å². The van der Waals surface area contributed by atoms with Gasteiger partial charge in [0.25, 0.3) is 5.91 Å². The highest BCUT2D eigenvalue weighted by molar-refractivity contribution is 5.94. The van der Waals surface area contributed by atoms with Crippen LogP contribution in [0.25, 0.3) is 0 Å². The van der Waals surface area contributed by atoms with Gasteiger partial charge in [0, 0.05) is 24.5 Å². The van der Waals surface area contributed by atoms with Gasteiger partial charge in [0.05, 0.1) is 6.26 Å². The number of nitrogens with zero attached hydrogens (tertiary/aromatic N) is 2. The SMILES string of the molecule is O=C(NCC(c1ccco1)n1cccn1)c1ccc2c(c1)OCO2. The Balaban J connectivity index is 1.49. The third-order valence-electron chi connectivity index (χ3n) is 3.81. The van der Waals surface area contributed by atoms with Gasteiger partial charge in [-0.2, -0.15) is 5.10 Å². The maximum atomic E-state index is 12.4. The quantitative estimate of drug-likeness (QED) is 0.778. The number of furan rings is 1. The Morgan fingerprint density at radius 3 is 2.96 bits per heavy atom. The molecule has 0 radical (unpaired) electrons. The number of nitrogens with one attached hydrogen (secondary N) is 1. The van der Waals surface area contributed by atoms with Crippen LogP contribution >= 0.6 is 0 Å². The molecule has 24 heavy (non-hydrogen) atoms. The molecule has 1 unspecified atom stereocenters. The summed E-state index contributed by atoms with van der Waals surface area (Å²) in [6.07, 6.45) is 5.13. The van der Waals surface area contributed by atoms with E-state index in [1.807, 2.05) is 24.4 Å². The average Bonchev–Trinajstić information content (AvgIpc) is 3.36. The lowest BCUT2D eigenvalue weighted by Crippen LogP contribution is -2.31. The molecule has 4 rings (SSSR count). The van der Waals surface area contributed by atoms with E-state index in [9.17, 15) is 4.79 Å². The Hall–Kier alpha value is -3.22. The Morgan fingerprint density at radius 2 is 2.17 bits per heavy atom. The van der Waals surface area contributed by atoms with E-state index in [0.29, 0.717) is 23.6 Å². The Bertz CT molecular complexity index is 793. The van der Waals surface area contributed by atoms with Gasteiger partial charge in [-0.25, -0.2) is 0 Å². The lowest BCUT2D eigenvalue weighted by molar-refractivity contribution is 0.0947. The first-order valence-electron chi connectivity index (χ1n) is 7.51. The number of ether oxygens (including phenoxy) is 2. The van der Waals surface area contributed by atoms with Crippen molar-refractivity contribution in [2.75, 3.05) is 13.3 Å². The molecule has 1 aliphatic rings. The second-order valence-corrected chi connectivity index (χ2v) is 5.30. The van der Waals surface area contributed by atoms with Gasteiger partial charge in [-0.05, 0) is 36.4 Å². The number of carbonyl (C=O) groups is 1. The molecule has 0 saturated heterocycles. The summed E-state index contributed by atoms with van der Waals surface area (Å²) in [6, 6.07) is 10.4. The largest absolute Gasteiger partial charge is 0.467 e. The van der Waals surface area contributed by atoms with E-state index in [0.717, 1.165) is 5.76 Å². The number of benzene rings is 1. The molecule has 0 spiro atoms. The molecule has 1 amide bonds. The van der Waals surface area contributed by atoms with Crippen molar-refractivity contribution in [3.63, 3.8) is 0 Å². The van der Waals surface area contributed by atoms with Gasteiger partial charge in [0.15, 0.2) is 11.5 Å². The number of hydrogen-bond donors (Lipinski definition) is 1.